The highest BCUT2D eigenvalue weighted by Gasteiger charge is 2.08. The summed E-state index contributed by atoms with van der Waals surface area (Å²) in [5, 5.41) is -0.445. The van der Waals surface area contributed by atoms with Crippen molar-refractivity contribution in [1.29, 1.82) is 0 Å². The van der Waals surface area contributed by atoms with Crippen LogP contribution in [-0.2, 0) is 18.4 Å². The van der Waals surface area contributed by atoms with Gasteiger partial charge in [-0.25, -0.2) is 0 Å². The number of hydrogen-bond donors (Lipinski definition) is 0. The highest BCUT2D eigenvalue weighted by molar-refractivity contribution is 6.67. The van der Waals surface area contributed by atoms with Crippen LogP contribution in [0.3, 0.4) is 0 Å². The second-order valence-electron chi connectivity index (χ2n) is 2.48. The van der Waals surface area contributed by atoms with Gasteiger partial charge in [0.05, 0.1) is 6.61 Å². The van der Waals surface area contributed by atoms with E-state index in [9.17, 15) is 4.79 Å². The minimum atomic E-state index is -0.445. The molecule has 0 spiro atoms. The lowest BCUT2D eigenvalue weighted by Crippen LogP contribution is -2.03. The van der Waals surface area contributed by atoms with E-state index in [4.69, 9.17) is 16.3 Å². The zero-order chi connectivity index (χ0) is 9.14. The van der Waals surface area contributed by atoms with Gasteiger partial charge in [0.15, 0.2) is 0 Å². The molecule has 0 aliphatic rings. The van der Waals surface area contributed by atoms with Crippen LogP contribution in [-0.4, -0.2) is 16.9 Å². The van der Waals surface area contributed by atoms with Gasteiger partial charge in [0.2, 0.25) is 0 Å². The predicted octanol–water partition coefficient (Wildman–Crippen LogP) is 1.55. The van der Waals surface area contributed by atoms with Crippen molar-refractivity contribution >= 4 is 16.8 Å². The average molecular weight is 188 g/mol. The molecule has 4 heteroatoms. The highest BCUT2D eigenvalue weighted by atomic mass is 35.5. The molecule has 0 fully saturated rings. The van der Waals surface area contributed by atoms with Crippen LogP contribution in [0.4, 0.5) is 0 Å². The topological polar surface area (TPSA) is 31.2 Å². The van der Waals surface area contributed by atoms with E-state index in [2.05, 4.69) is 0 Å². The standard InChI is InChI=1S/C8H10ClNO2/c1-10-6(5-12-2)3-4-7(10)8(9)11/h3-4H,5H2,1-2H3. The molecule has 0 aliphatic heterocycles. The molecule has 66 valence electrons. The molecular formula is C8H10ClNO2. The second-order valence-corrected chi connectivity index (χ2v) is 2.82. The number of aromatic nitrogens is 1. The number of carbonyl (C=O) groups excluding carboxylic acids is 1. The molecule has 1 aromatic heterocycles. The van der Waals surface area contributed by atoms with Gasteiger partial charge in [0.1, 0.15) is 5.69 Å². The Hall–Kier alpha value is -0.800. The molecule has 0 N–H and O–H groups in total. The summed E-state index contributed by atoms with van der Waals surface area (Å²) in [6.45, 7) is 0.487. The minimum absolute atomic E-state index is 0.445. The van der Waals surface area contributed by atoms with Gasteiger partial charge in [0, 0.05) is 19.9 Å². The van der Waals surface area contributed by atoms with Crippen LogP contribution in [0.1, 0.15) is 16.2 Å². The molecule has 0 amide bonds. The highest BCUT2D eigenvalue weighted by Crippen LogP contribution is 2.10. The summed E-state index contributed by atoms with van der Waals surface area (Å²) in [6.07, 6.45) is 0. The maximum absolute atomic E-state index is 10.8. The quantitative estimate of drug-likeness (QED) is 0.673. The van der Waals surface area contributed by atoms with Crippen LogP contribution in [0.25, 0.3) is 0 Å². The van der Waals surface area contributed by atoms with Crippen molar-refractivity contribution in [3.05, 3.63) is 23.5 Å². The summed E-state index contributed by atoms with van der Waals surface area (Å²) in [5.41, 5.74) is 1.42. The number of halogens is 1. The normalized spacial score (nSPS) is 10.2. The van der Waals surface area contributed by atoms with Crippen LogP contribution in [0.2, 0.25) is 0 Å². The Bertz CT molecular complexity index is 293. The van der Waals surface area contributed by atoms with Crippen molar-refractivity contribution in [2.24, 2.45) is 7.05 Å². The first kappa shape index (κ1) is 9.29. The third kappa shape index (κ3) is 1.68. The lowest BCUT2D eigenvalue weighted by atomic mass is 10.4. The maximum Gasteiger partial charge on any atom is 0.268 e. The molecular weight excluding hydrogens is 178 g/mol. The number of methoxy groups -OCH3 is 1. The fourth-order valence-electron chi connectivity index (χ4n) is 1.04. The third-order valence-corrected chi connectivity index (χ3v) is 1.91. The Morgan fingerprint density at radius 1 is 1.67 bits per heavy atom. The van der Waals surface area contributed by atoms with E-state index in [-0.39, 0.29) is 0 Å². The minimum Gasteiger partial charge on any atom is -0.378 e. The van der Waals surface area contributed by atoms with Crippen molar-refractivity contribution < 1.29 is 9.53 Å². The Balaban J connectivity index is 2.96. The predicted molar refractivity (Wildman–Crippen MR) is 46.3 cm³/mol. The van der Waals surface area contributed by atoms with E-state index < -0.39 is 5.24 Å². The van der Waals surface area contributed by atoms with E-state index in [1.165, 1.54) is 0 Å². The van der Waals surface area contributed by atoms with Gasteiger partial charge in [-0.15, -0.1) is 0 Å². The van der Waals surface area contributed by atoms with Crippen molar-refractivity contribution in [2.45, 2.75) is 6.61 Å². The Kier molecular flexibility index (Phi) is 2.89. The summed E-state index contributed by atoms with van der Waals surface area (Å²) in [6, 6.07) is 3.50. The monoisotopic (exact) mass is 187 g/mol. The van der Waals surface area contributed by atoms with Gasteiger partial charge in [-0.2, -0.15) is 0 Å². The van der Waals surface area contributed by atoms with Crippen molar-refractivity contribution in [3.8, 4) is 0 Å². The lowest BCUT2D eigenvalue weighted by Gasteiger charge is -2.02. The van der Waals surface area contributed by atoms with E-state index in [1.54, 1.807) is 24.8 Å². The van der Waals surface area contributed by atoms with Gasteiger partial charge in [-0.1, -0.05) is 0 Å². The third-order valence-electron chi connectivity index (χ3n) is 1.72. The second kappa shape index (κ2) is 3.74. The first-order chi connectivity index (χ1) is 5.66. The van der Waals surface area contributed by atoms with Gasteiger partial charge >= 0.3 is 0 Å². The van der Waals surface area contributed by atoms with Crippen molar-refractivity contribution in [2.75, 3.05) is 7.11 Å². The summed E-state index contributed by atoms with van der Waals surface area (Å²) < 4.78 is 6.65. The van der Waals surface area contributed by atoms with Crippen LogP contribution in [0.5, 0.6) is 0 Å². The molecule has 0 bridgehead atoms. The molecule has 3 nitrogen and oxygen atoms in total. The molecule has 0 saturated carbocycles. The largest absolute Gasteiger partial charge is 0.378 e. The van der Waals surface area contributed by atoms with Crippen molar-refractivity contribution in [3.63, 3.8) is 0 Å². The van der Waals surface area contributed by atoms with Gasteiger partial charge in [-0.3, -0.25) is 4.79 Å². The molecule has 0 aliphatic carbocycles. The molecule has 1 aromatic rings. The zero-order valence-electron chi connectivity index (χ0n) is 7.00. The Morgan fingerprint density at radius 2 is 2.33 bits per heavy atom. The number of rotatable bonds is 3. The first-order valence-electron chi connectivity index (χ1n) is 3.50. The summed E-state index contributed by atoms with van der Waals surface area (Å²) in [5.74, 6) is 0. The van der Waals surface area contributed by atoms with Crippen LogP contribution in [0.15, 0.2) is 12.1 Å². The molecule has 1 rings (SSSR count). The van der Waals surface area contributed by atoms with Crippen LogP contribution in [0, 0.1) is 0 Å². The van der Waals surface area contributed by atoms with Crippen LogP contribution >= 0.6 is 11.6 Å². The summed E-state index contributed by atoms with van der Waals surface area (Å²) in [7, 11) is 3.39. The maximum atomic E-state index is 10.8. The lowest BCUT2D eigenvalue weighted by molar-refractivity contribution is 0.107. The van der Waals surface area contributed by atoms with Gasteiger partial charge < -0.3 is 9.30 Å². The first-order valence-corrected chi connectivity index (χ1v) is 3.88. The van der Waals surface area contributed by atoms with E-state index in [0.717, 1.165) is 5.69 Å². The fraction of sp³-hybridized carbons (Fsp3) is 0.375. The summed E-state index contributed by atoms with van der Waals surface area (Å²) >= 11 is 5.32. The van der Waals surface area contributed by atoms with Crippen LogP contribution < -0.4 is 0 Å². The molecule has 0 unspecified atom stereocenters. The number of carbonyl (C=O) groups is 1. The molecule has 1 heterocycles. The molecule has 0 radical (unpaired) electrons. The van der Waals surface area contributed by atoms with E-state index >= 15 is 0 Å². The zero-order valence-corrected chi connectivity index (χ0v) is 7.76. The molecule has 0 aromatic carbocycles. The number of hydrogen-bond acceptors (Lipinski definition) is 2. The molecule has 0 saturated heterocycles. The fourth-order valence-corrected chi connectivity index (χ4v) is 1.23. The summed E-state index contributed by atoms with van der Waals surface area (Å²) in [4.78, 5) is 10.8. The Labute approximate surface area is 75.9 Å². The van der Waals surface area contributed by atoms with E-state index in [0.29, 0.717) is 12.3 Å². The number of nitrogens with zero attached hydrogens (tertiary/aromatic N) is 1. The van der Waals surface area contributed by atoms with Gasteiger partial charge in [-0.05, 0) is 23.7 Å². The molecule has 0 atom stereocenters. The Morgan fingerprint density at radius 3 is 2.75 bits per heavy atom. The average Bonchev–Trinajstić information content (AvgIpc) is 2.34. The smallest absolute Gasteiger partial charge is 0.268 e. The van der Waals surface area contributed by atoms with Gasteiger partial charge in [0.25, 0.3) is 5.24 Å². The SMILES string of the molecule is COCc1ccc(C(=O)Cl)n1C. The van der Waals surface area contributed by atoms with Crippen molar-refractivity contribution in [1.82, 2.24) is 4.57 Å². The number of ether oxygens (including phenoxy) is 1. The molecule has 12 heavy (non-hydrogen) atoms. The van der Waals surface area contributed by atoms with E-state index in [1.807, 2.05) is 6.07 Å².